The summed E-state index contributed by atoms with van der Waals surface area (Å²) in [5, 5.41) is 19.1. The van der Waals surface area contributed by atoms with Crippen molar-refractivity contribution >= 4 is 41.0 Å². The highest BCUT2D eigenvalue weighted by Gasteiger charge is 2.25. The van der Waals surface area contributed by atoms with Crippen molar-refractivity contribution in [2.45, 2.75) is 13.0 Å². The molecule has 1 unspecified atom stereocenters. The number of carbonyl (C=O) groups excluding carboxylic acids is 4. The number of carboxylic acids is 1. The van der Waals surface area contributed by atoms with Crippen LogP contribution in [0.15, 0.2) is 52.7 Å². The molecule has 11 heteroatoms. The molecule has 0 fully saturated rings. The van der Waals surface area contributed by atoms with Crippen molar-refractivity contribution in [2.75, 3.05) is 19.5 Å². The number of benzene rings is 2. The molecular weight excluding hydrogens is 422 g/mol. The number of ketones is 1. The van der Waals surface area contributed by atoms with E-state index in [1.165, 1.54) is 49.6 Å². The fourth-order valence-electron chi connectivity index (χ4n) is 2.56. The zero-order valence-electron chi connectivity index (χ0n) is 17.3. The first-order valence-corrected chi connectivity index (χ1v) is 9.04. The third-order valence-corrected chi connectivity index (χ3v) is 4.15. The summed E-state index contributed by atoms with van der Waals surface area (Å²) in [5.41, 5.74) is -0.367. The number of anilines is 1. The van der Waals surface area contributed by atoms with Crippen molar-refractivity contribution < 1.29 is 38.6 Å². The Kier molecular flexibility index (Phi) is 7.88. The predicted molar refractivity (Wildman–Crippen MR) is 110 cm³/mol. The number of nitrogens with zero attached hydrogens (tertiary/aromatic N) is 2. The minimum atomic E-state index is -1.65. The molecule has 32 heavy (non-hydrogen) atoms. The summed E-state index contributed by atoms with van der Waals surface area (Å²) in [4.78, 5) is 59.7. The second kappa shape index (κ2) is 10.6. The number of para-hydroxylation sites is 1. The Morgan fingerprint density at radius 2 is 1.59 bits per heavy atom. The number of esters is 2. The minimum Gasteiger partial charge on any atom is -0.478 e. The van der Waals surface area contributed by atoms with Crippen molar-refractivity contribution in [1.29, 1.82) is 0 Å². The molecule has 2 aromatic rings. The Morgan fingerprint density at radius 1 is 0.938 bits per heavy atom. The van der Waals surface area contributed by atoms with Crippen LogP contribution in [0.25, 0.3) is 0 Å². The highest BCUT2D eigenvalue weighted by atomic mass is 16.5. The molecule has 0 spiro atoms. The average Bonchev–Trinajstić information content (AvgIpc) is 2.77. The van der Waals surface area contributed by atoms with Gasteiger partial charge in [-0.2, -0.15) is 10.2 Å². The molecule has 1 amide bonds. The molecule has 0 aliphatic carbocycles. The zero-order valence-corrected chi connectivity index (χ0v) is 17.3. The zero-order chi connectivity index (χ0) is 23.8. The molecule has 0 aromatic heterocycles. The molecule has 0 saturated carbocycles. The van der Waals surface area contributed by atoms with Crippen LogP contribution in [0.3, 0.4) is 0 Å². The van der Waals surface area contributed by atoms with Gasteiger partial charge in [-0.3, -0.25) is 9.59 Å². The third kappa shape index (κ3) is 5.59. The molecule has 0 aliphatic heterocycles. The van der Waals surface area contributed by atoms with Crippen LogP contribution in [0.4, 0.5) is 11.4 Å². The number of nitrogens with one attached hydrogen (secondary N) is 1. The molecule has 2 aromatic carbocycles. The Hall–Kier alpha value is -4.41. The number of hydrogen-bond acceptors (Lipinski definition) is 9. The first-order valence-electron chi connectivity index (χ1n) is 9.04. The Labute approximate surface area is 182 Å². The van der Waals surface area contributed by atoms with Crippen LogP contribution in [0.2, 0.25) is 0 Å². The fourth-order valence-corrected chi connectivity index (χ4v) is 2.56. The monoisotopic (exact) mass is 441 g/mol. The lowest BCUT2D eigenvalue weighted by molar-refractivity contribution is -0.126. The van der Waals surface area contributed by atoms with Gasteiger partial charge >= 0.3 is 17.9 Å². The summed E-state index contributed by atoms with van der Waals surface area (Å²) in [6.07, 6.45) is 0. The Bertz CT molecular complexity index is 1110. The number of amides is 1. The standard InChI is InChI=1S/C21H19N3O8/c1-11(25)17(18(26)22-15-7-5-4-6-13(15)19(27)28)24-23-16-10-12(20(29)31-2)8-9-14(16)21(30)32-3/h4-10,17H,1-3H3,(H,22,26)(H,27,28). The quantitative estimate of drug-likeness (QED) is 0.359. The second-order valence-electron chi connectivity index (χ2n) is 6.28. The second-order valence-corrected chi connectivity index (χ2v) is 6.28. The summed E-state index contributed by atoms with van der Waals surface area (Å²) in [7, 11) is 2.31. The molecule has 0 radical (unpaired) electrons. The number of methoxy groups -OCH3 is 2. The maximum absolute atomic E-state index is 12.6. The summed E-state index contributed by atoms with van der Waals surface area (Å²) in [6, 6.07) is 7.74. The largest absolute Gasteiger partial charge is 0.478 e. The molecule has 1 atom stereocenters. The van der Waals surface area contributed by atoms with E-state index in [1.54, 1.807) is 0 Å². The van der Waals surface area contributed by atoms with Crippen LogP contribution >= 0.6 is 0 Å². The van der Waals surface area contributed by atoms with Crippen LogP contribution < -0.4 is 5.32 Å². The van der Waals surface area contributed by atoms with Gasteiger partial charge in [0.1, 0.15) is 5.69 Å². The first kappa shape index (κ1) is 23.9. The number of ether oxygens (including phenoxy) is 2. The molecule has 0 heterocycles. The van der Waals surface area contributed by atoms with Crippen molar-refractivity contribution in [3.05, 3.63) is 59.2 Å². The predicted octanol–water partition coefficient (Wildman–Crippen LogP) is 2.64. The van der Waals surface area contributed by atoms with Gasteiger partial charge in [-0.15, -0.1) is 0 Å². The van der Waals surface area contributed by atoms with Crippen molar-refractivity contribution in [3.63, 3.8) is 0 Å². The average molecular weight is 441 g/mol. The summed E-state index contributed by atoms with van der Waals surface area (Å²) in [5.74, 6) is -4.38. The van der Waals surface area contributed by atoms with Crippen LogP contribution in [-0.4, -0.2) is 55.0 Å². The molecule has 0 bridgehead atoms. The SMILES string of the molecule is COC(=O)c1ccc(C(=O)OC)c(N=NC(C(C)=O)C(=O)Nc2ccccc2C(=O)O)c1. The molecular formula is C21H19N3O8. The molecule has 11 nitrogen and oxygen atoms in total. The number of Topliss-reactive ketones (excluding diaryl/α,β-unsaturated/α-hetero) is 1. The minimum absolute atomic E-state index is 0.0330. The van der Waals surface area contributed by atoms with E-state index in [9.17, 15) is 29.1 Å². The van der Waals surface area contributed by atoms with E-state index in [4.69, 9.17) is 0 Å². The third-order valence-electron chi connectivity index (χ3n) is 4.15. The van der Waals surface area contributed by atoms with Crippen LogP contribution in [0, 0.1) is 0 Å². The van der Waals surface area contributed by atoms with Gasteiger partial charge in [0.25, 0.3) is 5.91 Å². The van der Waals surface area contributed by atoms with Gasteiger partial charge in [-0.05, 0) is 37.3 Å². The van der Waals surface area contributed by atoms with Gasteiger partial charge in [-0.1, -0.05) is 12.1 Å². The molecule has 166 valence electrons. The van der Waals surface area contributed by atoms with Crippen molar-refractivity contribution in [3.8, 4) is 0 Å². The highest BCUT2D eigenvalue weighted by Crippen LogP contribution is 2.24. The number of rotatable bonds is 8. The first-order chi connectivity index (χ1) is 15.2. The van der Waals surface area contributed by atoms with Gasteiger partial charge in [-0.25, -0.2) is 14.4 Å². The lowest BCUT2D eigenvalue weighted by Gasteiger charge is -2.11. The number of hydrogen-bond donors (Lipinski definition) is 2. The molecule has 2 rings (SSSR count). The topological polar surface area (TPSA) is 161 Å². The summed E-state index contributed by atoms with van der Waals surface area (Å²) in [6.45, 7) is 1.10. The van der Waals surface area contributed by atoms with E-state index in [0.717, 1.165) is 14.0 Å². The fraction of sp³-hybridized carbons (Fsp3) is 0.190. The lowest BCUT2D eigenvalue weighted by atomic mass is 10.1. The number of carboxylic acid groups (broad SMARTS) is 1. The number of carbonyl (C=O) groups is 5. The van der Waals surface area contributed by atoms with Gasteiger partial charge in [0.15, 0.2) is 5.78 Å². The maximum Gasteiger partial charge on any atom is 0.340 e. The Balaban J connectivity index is 2.40. The lowest BCUT2D eigenvalue weighted by Crippen LogP contribution is -2.32. The van der Waals surface area contributed by atoms with Crippen molar-refractivity contribution in [2.24, 2.45) is 10.2 Å². The van der Waals surface area contributed by atoms with Crippen LogP contribution in [0.5, 0.6) is 0 Å². The van der Waals surface area contributed by atoms with Gasteiger partial charge in [0.2, 0.25) is 6.04 Å². The van der Waals surface area contributed by atoms with E-state index >= 15 is 0 Å². The number of aromatic carboxylic acids is 1. The van der Waals surface area contributed by atoms with Gasteiger partial charge < -0.3 is 19.9 Å². The van der Waals surface area contributed by atoms with Gasteiger partial charge in [0, 0.05) is 0 Å². The summed E-state index contributed by atoms with van der Waals surface area (Å²) >= 11 is 0. The maximum atomic E-state index is 12.6. The van der Waals surface area contributed by atoms with Gasteiger partial charge in [0.05, 0.1) is 36.6 Å². The molecule has 2 N–H and O–H groups in total. The molecule has 0 saturated heterocycles. The highest BCUT2D eigenvalue weighted by molar-refractivity contribution is 6.12. The van der Waals surface area contributed by atoms with Crippen molar-refractivity contribution in [1.82, 2.24) is 0 Å². The Morgan fingerprint density at radius 3 is 2.19 bits per heavy atom. The van der Waals surface area contributed by atoms with E-state index in [-0.39, 0.29) is 28.1 Å². The van der Waals surface area contributed by atoms with E-state index in [2.05, 4.69) is 25.0 Å². The molecule has 0 aliphatic rings. The van der Waals surface area contributed by atoms with E-state index in [0.29, 0.717) is 0 Å². The number of azo groups is 1. The van der Waals surface area contributed by atoms with Crippen LogP contribution in [0.1, 0.15) is 38.0 Å². The van der Waals surface area contributed by atoms with E-state index in [1.807, 2.05) is 0 Å². The van der Waals surface area contributed by atoms with Crippen LogP contribution in [-0.2, 0) is 19.1 Å². The van der Waals surface area contributed by atoms with E-state index < -0.39 is 35.6 Å². The summed E-state index contributed by atoms with van der Waals surface area (Å²) < 4.78 is 9.28. The normalized spacial score (nSPS) is 11.5. The smallest absolute Gasteiger partial charge is 0.340 e.